The van der Waals surface area contributed by atoms with Crippen LogP contribution < -0.4 is 11.1 Å². The van der Waals surface area contributed by atoms with E-state index in [1.165, 1.54) is 25.3 Å². The van der Waals surface area contributed by atoms with Gasteiger partial charge in [-0.05, 0) is 37.3 Å². The topological polar surface area (TPSA) is 75.3 Å². The summed E-state index contributed by atoms with van der Waals surface area (Å²) in [7, 11) is 0. The van der Waals surface area contributed by atoms with Crippen molar-refractivity contribution in [3.8, 4) is 0 Å². The Morgan fingerprint density at radius 2 is 1.96 bits per heavy atom. The molecule has 0 heterocycles. The summed E-state index contributed by atoms with van der Waals surface area (Å²) in [6.07, 6.45) is 5.78. The van der Waals surface area contributed by atoms with Gasteiger partial charge >= 0.3 is 0 Å². The molecule has 0 spiro atoms. The minimum absolute atomic E-state index is 0. The molecule has 2 unspecified atom stereocenters. The highest BCUT2D eigenvalue weighted by molar-refractivity contribution is 5.85. The second-order valence-corrected chi connectivity index (χ2v) is 7.05. The minimum atomic E-state index is -1.21. The van der Waals surface area contributed by atoms with Crippen molar-refractivity contribution in [1.82, 2.24) is 5.32 Å². The lowest BCUT2D eigenvalue weighted by Crippen LogP contribution is -2.49. The predicted molar refractivity (Wildman–Crippen MR) is 100 cm³/mol. The van der Waals surface area contributed by atoms with Crippen molar-refractivity contribution in [3.05, 3.63) is 35.6 Å². The predicted octanol–water partition coefficient (Wildman–Crippen LogP) is 2.95. The van der Waals surface area contributed by atoms with E-state index in [4.69, 9.17) is 5.73 Å². The number of hydrogen-bond donors (Lipinski definition) is 3. The Labute approximate surface area is 155 Å². The van der Waals surface area contributed by atoms with E-state index in [1.54, 1.807) is 25.1 Å². The normalized spacial score (nSPS) is 18.7. The van der Waals surface area contributed by atoms with Crippen LogP contribution in [0.5, 0.6) is 0 Å². The lowest BCUT2D eigenvalue weighted by Gasteiger charge is -2.27. The van der Waals surface area contributed by atoms with Gasteiger partial charge < -0.3 is 16.2 Å². The van der Waals surface area contributed by atoms with Gasteiger partial charge in [0.25, 0.3) is 5.91 Å². The number of nitrogens with one attached hydrogen (secondary N) is 1. The largest absolute Gasteiger partial charge is 0.382 e. The summed E-state index contributed by atoms with van der Waals surface area (Å²) < 4.78 is 13.7. The van der Waals surface area contributed by atoms with E-state index in [9.17, 15) is 14.3 Å². The van der Waals surface area contributed by atoms with Gasteiger partial charge in [-0.15, -0.1) is 12.4 Å². The Hall–Kier alpha value is -1.17. The molecule has 0 aliphatic heterocycles. The second kappa shape index (κ2) is 10.7. The van der Waals surface area contributed by atoms with Crippen LogP contribution in [0, 0.1) is 11.7 Å². The summed E-state index contributed by atoms with van der Waals surface area (Å²) in [4.78, 5) is 12.2. The van der Waals surface area contributed by atoms with Crippen LogP contribution in [0.2, 0.25) is 0 Å². The molecule has 1 fully saturated rings. The summed E-state index contributed by atoms with van der Waals surface area (Å²) in [6, 6.07) is 5.68. The molecule has 0 saturated heterocycles. The van der Waals surface area contributed by atoms with Crippen molar-refractivity contribution in [2.45, 2.75) is 70.1 Å². The third-order valence-electron chi connectivity index (χ3n) is 4.88. The molecule has 2 rings (SSSR count). The minimum Gasteiger partial charge on any atom is -0.382 e. The molecule has 1 aromatic rings. The van der Waals surface area contributed by atoms with Crippen molar-refractivity contribution in [1.29, 1.82) is 0 Å². The Kier molecular flexibility index (Phi) is 9.39. The summed E-state index contributed by atoms with van der Waals surface area (Å²) in [6.45, 7) is 1.80. The van der Waals surface area contributed by atoms with Crippen molar-refractivity contribution in [3.63, 3.8) is 0 Å². The van der Waals surface area contributed by atoms with Gasteiger partial charge in [-0.2, -0.15) is 0 Å². The Morgan fingerprint density at radius 3 is 2.60 bits per heavy atom. The number of nitrogens with two attached hydrogens (primary N) is 1. The van der Waals surface area contributed by atoms with Crippen LogP contribution in [0.15, 0.2) is 24.3 Å². The van der Waals surface area contributed by atoms with Crippen LogP contribution >= 0.6 is 12.4 Å². The molecular formula is C19H30ClFN2O2. The Morgan fingerprint density at radius 1 is 1.32 bits per heavy atom. The maximum Gasteiger partial charge on any atom is 0.250 e. The van der Waals surface area contributed by atoms with Crippen LogP contribution in [0.25, 0.3) is 0 Å². The summed E-state index contributed by atoms with van der Waals surface area (Å²) >= 11 is 0. The fraction of sp³-hybridized carbons (Fsp3) is 0.632. The molecule has 1 saturated carbocycles. The maximum atomic E-state index is 13.7. The smallest absolute Gasteiger partial charge is 0.250 e. The first-order chi connectivity index (χ1) is 11.5. The lowest BCUT2D eigenvalue weighted by molar-refractivity contribution is -0.131. The van der Waals surface area contributed by atoms with E-state index in [-0.39, 0.29) is 24.3 Å². The molecule has 142 valence electrons. The number of halogens is 2. The lowest BCUT2D eigenvalue weighted by atomic mass is 9.84. The zero-order chi connectivity index (χ0) is 17.5. The molecule has 6 heteroatoms. The van der Waals surface area contributed by atoms with Gasteiger partial charge in [0.05, 0.1) is 0 Å². The number of carbonyl (C=O) groups excluding carboxylic acids is 1. The number of carbonyl (C=O) groups is 1. The molecule has 0 bridgehead atoms. The van der Waals surface area contributed by atoms with Crippen molar-refractivity contribution >= 4 is 18.3 Å². The maximum absolute atomic E-state index is 13.7. The third kappa shape index (κ3) is 6.92. The molecule has 0 aromatic heterocycles. The second-order valence-electron chi connectivity index (χ2n) is 7.05. The van der Waals surface area contributed by atoms with E-state index < -0.39 is 18.1 Å². The van der Waals surface area contributed by atoms with Gasteiger partial charge in [0.1, 0.15) is 11.9 Å². The highest BCUT2D eigenvalue weighted by atomic mass is 35.5. The van der Waals surface area contributed by atoms with Crippen molar-refractivity contribution < 1.29 is 14.3 Å². The number of benzene rings is 1. The fourth-order valence-electron chi connectivity index (χ4n) is 3.50. The zero-order valence-electron chi connectivity index (χ0n) is 14.8. The average molecular weight is 373 g/mol. The number of hydrogen-bond acceptors (Lipinski definition) is 3. The van der Waals surface area contributed by atoms with E-state index in [0.29, 0.717) is 24.3 Å². The molecule has 25 heavy (non-hydrogen) atoms. The Bertz CT molecular complexity index is 538. The van der Waals surface area contributed by atoms with Gasteiger partial charge in [-0.3, -0.25) is 4.79 Å². The SMILES string of the molecule is CC(Cc1ccccc1F)NC(=O)C(O)[C@H](N)CC1CCCCC1.Cl. The molecule has 1 amide bonds. The van der Waals surface area contributed by atoms with E-state index in [1.807, 2.05) is 0 Å². The van der Waals surface area contributed by atoms with Gasteiger partial charge in [0, 0.05) is 12.1 Å². The van der Waals surface area contributed by atoms with Crippen LogP contribution in [0.1, 0.15) is 51.0 Å². The third-order valence-corrected chi connectivity index (χ3v) is 4.88. The first kappa shape index (κ1) is 21.9. The van der Waals surface area contributed by atoms with E-state index in [0.717, 1.165) is 12.8 Å². The summed E-state index contributed by atoms with van der Waals surface area (Å²) in [5.41, 5.74) is 6.58. The molecular weight excluding hydrogens is 343 g/mol. The Balaban J connectivity index is 0.00000312. The molecule has 4 N–H and O–H groups in total. The summed E-state index contributed by atoms with van der Waals surface area (Å²) in [5, 5.41) is 12.9. The van der Waals surface area contributed by atoms with E-state index >= 15 is 0 Å². The first-order valence-corrected chi connectivity index (χ1v) is 8.94. The van der Waals surface area contributed by atoms with Gasteiger partial charge in [0.2, 0.25) is 0 Å². The van der Waals surface area contributed by atoms with Crippen LogP contribution in [0.4, 0.5) is 4.39 Å². The number of amides is 1. The molecule has 3 atom stereocenters. The highest BCUT2D eigenvalue weighted by Gasteiger charge is 2.27. The van der Waals surface area contributed by atoms with Crippen molar-refractivity contribution in [2.24, 2.45) is 11.7 Å². The monoisotopic (exact) mass is 372 g/mol. The van der Waals surface area contributed by atoms with Gasteiger partial charge in [-0.1, -0.05) is 50.3 Å². The molecule has 1 aliphatic carbocycles. The van der Waals surface area contributed by atoms with Gasteiger partial charge in [0.15, 0.2) is 0 Å². The fourth-order valence-corrected chi connectivity index (χ4v) is 3.50. The molecule has 1 aliphatic rings. The van der Waals surface area contributed by atoms with Gasteiger partial charge in [-0.25, -0.2) is 4.39 Å². The highest BCUT2D eigenvalue weighted by Crippen LogP contribution is 2.27. The molecule has 0 radical (unpaired) electrons. The average Bonchev–Trinajstić information content (AvgIpc) is 2.57. The quantitative estimate of drug-likeness (QED) is 0.688. The summed E-state index contributed by atoms with van der Waals surface area (Å²) in [5.74, 6) is -0.248. The molecule has 1 aromatic carbocycles. The number of aliphatic hydroxyl groups excluding tert-OH is 1. The van der Waals surface area contributed by atoms with Crippen LogP contribution in [-0.4, -0.2) is 29.2 Å². The molecule has 4 nitrogen and oxygen atoms in total. The first-order valence-electron chi connectivity index (χ1n) is 8.94. The standard InChI is InChI=1S/C19H29FN2O2.ClH/c1-13(11-15-9-5-6-10-16(15)20)22-19(24)18(23)17(21)12-14-7-3-2-4-8-14;/h5-6,9-10,13-14,17-18,23H,2-4,7-8,11-12,21H2,1H3,(H,22,24);1H/t13?,17-,18?;/m1./s1. The van der Waals surface area contributed by atoms with E-state index in [2.05, 4.69) is 5.32 Å². The number of rotatable bonds is 7. The zero-order valence-corrected chi connectivity index (χ0v) is 15.6. The number of aliphatic hydroxyl groups is 1. The van der Waals surface area contributed by atoms with Crippen molar-refractivity contribution in [2.75, 3.05) is 0 Å². The van der Waals surface area contributed by atoms with Crippen LogP contribution in [-0.2, 0) is 11.2 Å². The van der Waals surface area contributed by atoms with Crippen LogP contribution in [0.3, 0.4) is 0 Å².